The van der Waals surface area contributed by atoms with E-state index in [2.05, 4.69) is 15.3 Å². The number of nitrogens with one attached hydrogen (secondary N) is 1. The zero-order valence-corrected chi connectivity index (χ0v) is 15.9. The van der Waals surface area contributed by atoms with Crippen molar-refractivity contribution < 1.29 is 14.3 Å². The minimum atomic E-state index is -0.605. The zero-order chi connectivity index (χ0) is 20.4. The van der Waals surface area contributed by atoms with E-state index in [-0.39, 0.29) is 17.4 Å². The first-order valence-electron chi connectivity index (χ1n) is 9.27. The topological polar surface area (TPSA) is 107 Å². The molecule has 0 bridgehead atoms. The molecule has 1 saturated carbocycles. The number of anilines is 1. The van der Waals surface area contributed by atoms with E-state index in [1.165, 1.54) is 6.20 Å². The van der Waals surface area contributed by atoms with Gasteiger partial charge in [0.2, 0.25) is 11.8 Å². The second kappa shape index (κ2) is 7.71. The predicted molar refractivity (Wildman–Crippen MR) is 109 cm³/mol. The first kappa shape index (κ1) is 18.6. The van der Waals surface area contributed by atoms with E-state index in [4.69, 9.17) is 10.5 Å². The molecular weight excluding hydrogens is 368 g/mol. The summed E-state index contributed by atoms with van der Waals surface area (Å²) < 4.78 is 5.45. The fourth-order valence-corrected chi connectivity index (χ4v) is 3.23. The Balaban J connectivity index is 1.83. The van der Waals surface area contributed by atoms with Crippen LogP contribution in [0.4, 0.5) is 5.82 Å². The van der Waals surface area contributed by atoms with Crippen molar-refractivity contribution >= 4 is 17.6 Å². The summed E-state index contributed by atoms with van der Waals surface area (Å²) in [5.41, 5.74) is 8.61. The molecule has 0 radical (unpaired) electrons. The van der Waals surface area contributed by atoms with Crippen molar-refractivity contribution in [3.8, 4) is 28.0 Å². The number of amides is 2. The van der Waals surface area contributed by atoms with Crippen LogP contribution in [0.15, 0.2) is 55.0 Å². The number of primary amides is 1. The predicted octanol–water partition coefficient (Wildman–Crippen LogP) is 3.27. The van der Waals surface area contributed by atoms with Crippen LogP contribution in [0.3, 0.4) is 0 Å². The van der Waals surface area contributed by atoms with Crippen molar-refractivity contribution in [1.82, 2.24) is 9.97 Å². The Hall–Kier alpha value is -3.74. The third-order valence-corrected chi connectivity index (χ3v) is 4.85. The summed E-state index contributed by atoms with van der Waals surface area (Å²) in [6.07, 6.45) is 6.52. The molecule has 7 heteroatoms. The second-order valence-electron chi connectivity index (χ2n) is 6.87. The lowest BCUT2D eigenvalue weighted by Crippen LogP contribution is -2.18. The number of carbonyl (C=O) groups excluding carboxylic acids is 2. The molecule has 3 N–H and O–H groups in total. The number of ether oxygens (including phenoxy) is 1. The number of aromatic nitrogens is 2. The number of benzene rings is 1. The third kappa shape index (κ3) is 3.80. The van der Waals surface area contributed by atoms with E-state index in [0.29, 0.717) is 22.7 Å². The minimum absolute atomic E-state index is 0.0000709. The molecule has 2 heterocycles. The van der Waals surface area contributed by atoms with Crippen LogP contribution in [0.2, 0.25) is 0 Å². The van der Waals surface area contributed by atoms with Crippen molar-refractivity contribution in [2.24, 2.45) is 11.7 Å². The molecule has 29 heavy (non-hydrogen) atoms. The number of carbonyl (C=O) groups is 2. The smallest absolute Gasteiger partial charge is 0.249 e. The third-order valence-electron chi connectivity index (χ3n) is 4.85. The standard InChI is InChI=1S/C22H20N4O3/c1-29-18-5-3-2-4-16(18)14-10-15(12-24-11-14)19-17(20(23)27)8-9-25-21(19)26-22(28)13-6-7-13/h2-5,8-13H,6-7H2,1H3,(H2,23,27)(H,25,26,28). The van der Waals surface area contributed by atoms with Crippen LogP contribution in [-0.2, 0) is 4.79 Å². The highest BCUT2D eigenvalue weighted by molar-refractivity contribution is 6.05. The van der Waals surface area contributed by atoms with Crippen molar-refractivity contribution in [3.05, 3.63) is 60.6 Å². The van der Waals surface area contributed by atoms with Gasteiger partial charge in [0.05, 0.1) is 12.7 Å². The summed E-state index contributed by atoms with van der Waals surface area (Å²) in [6, 6.07) is 11.0. The average Bonchev–Trinajstić information content (AvgIpc) is 3.59. The molecule has 146 valence electrons. The van der Waals surface area contributed by atoms with Gasteiger partial charge in [-0.2, -0.15) is 0 Å². The van der Waals surface area contributed by atoms with E-state index in [1.54, 1.807) is 25.6 Å². The van der Waals surface area contributed by atoms with Crippen molar-refractivity contribution in [2.75, 3.05) is 12.4 Å². The van der Waals surface area contributed by atoms with E-state index in [1.807, 2.05) is 30.3 Å². The minimum Gasteiger partial charge on any atom is -0.496 e. The van der Waals surface area contributed by atoms with Crippen LogP contribution in [0.25, 0.3) is 22.3 Å². The average molecular weight is 388 g/mol. The largest absolute Gasteiger partial charge is 0.496 e. The van der Waals surface area contributed by atoms with Gasteiger partial charge < -0.3 is 15.8 Å². The fraction of sp³-hybridized carbons (Fsp3) is 0.182. The molecule has 0 saturated heterocycles. The SMILES string of the molecule is COc1ccccc1-c1cncc(-c2c(C(N)=O)ccnc2NC(=O)C2CC2)c1. The lowest BCUT2D eigenvalue weighted by atomic mass is 9.98. The van der Waals surface area contributed by atoms with Crippen molar-refractivity contribution in [2.45, 2.75) is 12.8 Å². The Morgan fingerprint density at radius 2 is 1.90 bits per heavy atom. The molecule has 2 aromatic heterocycles. The summed E-state index contributed by atoms with van der Waals surface area (Å²) in [5.74, 6) is 0.299. The molecule has 0 unspecified atom stereocenters. The molecule has 1 fully saturated rings. The van der Waals surface area contributed by atoms with Gasteiger partial charge in [0.1, 0.15) is 11.6 Å². The van der Waals surface area contributed by atoms with E-state index >= 15 is 0 Å². The van der Waals surface area contributed by atoms with Crippen LogP contribution in [-0.4, -0.2) is 28.9 Å². The van der Waals surface area contributed by atoms with Gasteiger partial charge in [-0.1, -0.05) is 18.2 Å². The van der Waals surface area contributed by atoms with Gasteiger partial charge in [0, 0.05) is 46.8 Å². The van der Waals surface area contributed by atoms with Gasteiger partial charge >= 0.3 is 0 Å². The van der Waals surface area contributed by atoms with E-state index in [9.17, 15) is 9.59 Å². The molecular formula is C22H20N4O3. The molecule has 0 atom stereocenters. The number of nitrogens with zero attached hydrogens (tertiary/aromatic N) is 2. The Morgan fingerprint density at radius 1 is 1.14 bits per heavy atom. The van der Waals surface area contributed by atoms with Crippen LogP contribution >= 0.6 is 0 Å². The highest BCUT2D eigenvalue weighted by Gasteiger charge is 2.31. The van der Waals surface area contributed by atoms with Crippen LogP contribution in [0.5, 0.6) is 5.75 Å². The van der Waals surface area contributed by atoms with Gasteiger partial charge in [-0.15, -0.1) is 0 Å². The van der Waals surface area contributed by atoms with Gasteiger partial charge in [-0.3, -0.25) is 14.6 Å². The number of methoxy groups -OCH3 is 1. The first-order chi connectivity index (χ1) is 14.1. The Kier molecular flexibility index (Phi) is 4.95. The van der Waals surface area contributed by atoms with Gasteiger partial charge in [0.25, 0.3) is 0 Å². The zero-order valence-electron chi connectivity index (χ0n) is 15.9. The summed E-state index contributed by atoms with van der Waals surface area (Å²) >= 11 is 0. The molecule has 3 aromatic rings. The van der Waals surface area contributed by atoms with Gasteiger partial charge in [-0.25, -0.2) is 4.98 Å². The van der Waals surface area contributed by atoms with E-state index < -0.39 is 5.91 Å². The lowest BCUT2D eigenvalue weighted by molar-refractivity contribution is -0.117. The number of hydrogen-bond acceptors (Lipinski definition) is 5. The number of hydrogen-bond donors (Lipinski definition) is 2. The summed E-state index contributed by atoms with van der Waals surface area (Å²) in [5, 5.41) is 2.84. The number of nitrogens with two attached hydrogens (primary N) is 1. The summed E-state index contributed by atoms with van der Waals surface area (Å²) in [4.78, 5) is 33.0. The molecule has 2 amide bonds. The Bertz CT molecular complexity index is 1090. The lowest BCUT2D eigenvalue weighted by Gasteiger charge is -2.14. The molecule has 1 aromatic carbocycles. The molecule has 0 spiro atoms. The number of para-hydroxylation sites is 1. The number of rotatable bonds is 6. The quantitative estimate of drug-likeness (QED) is 0.674. The molecule has 1 aliphatic rings. The number of pyridine rings is 2. The fourth-order valence-electron chi connectivity index (χ4n) is 3.23. The molecule has 7 nitrogen and oxygen atoms in total. The summed E-state index contributed by atoms with van der Waals surface area (Å²) in [7, 11) is 1.61. The van der Waals surface area contributed by atoms with E-state index in [0.717, 1.165) is 24.0 Å². The maximum Gasteiger partial charge on any atom is 0.249 e. The van der Waals surface area contributed by atoms with Crippen molar-refractivity contribution in [1.29, 1.82) is 0 Å². The van der Waals surface area contributed by atoms with Crippen molar-refractivity contribution in [3.63, 3.8) is 0 Å². The maximum atomic E-state index is 12.3. The highest BCUT2D eigenvalue weighted by Crippen LogP contribution is 2.36. The highest BCUT2D eigenvalue weighted by atomic mass is 16.5. The Labute approximate surface area is 167 Å². The van der Waals surface area contributed by atoms with Crippen LogP contribution in [0, 0.1) is 5.92 Å². The normalized spacial score (nSPS) is 13.0. The maximum absolute atomic E-state index is 12.3. The Morgan fingerprint density at radius 3 is 2.62 bits per heavy atom. The molecule has 1 aliphatic carbocycles. The molecule has 4 rings (SSSR count). The molecule has 0 aliphatic heterocycles. The van der Waals surface area contributed by atoms with Gasteiger partial charge in [-0.05, 0) is 31.0 Å². The van der Waals surface area contributed by atoms with Crippen LogP contribution < -0.4 is 15.8 Å². The second-order valence-corrected chi connectivity index (χ2v) is 6.87. The monoisotopic (exact) mass is 388 g/mol. The first-order valence-corrected chi connectivity index (χ1v) is 9.27. The van der Waals surface area contributed by atoms with Gasteiger partial charge in [0.15, 0.2) is 0 Å². The van der Waals surface area contributed by atoms with Crippen LogP contribution in [0.1, 0.15) is 23.2 Å². The summed E-state index contributed by atoms with van der Waals surface area (Å²) in [6.45, 7) is 0.